The summed E-state index contributed by atoms with van der Waals surface area (Å²) >= 11 is 0. The van der Waals surface area contributed by atoms with E-state index < -0.39 is 10.0 Å². The molecule has 124 valence electrons. The fraction of sp³-hybridized carbons (Fsp3) is 1.00. The van der Waals surface area contributed by atoms with Crippen LogP contribution in [0.3, 0.4) is 0 Å². The Hall–Kier alpha value is -0.170. The number of piperidine rings is 1. The van der Waals surface area contributed by atoms with Gasteiger partial charge in [-0.15, -0.1) is 0 Å². The van der Waals surface area contributed by atoms with Crippen molar-refractivity contribution < 1.29 is 13.5 Å². The van der Waals surface area contributed by atoms with Gasteiger partial charge in [-0.25, -0.2) is 13.1 Å². The van der Waals surface area contributed by atoms with Crippen molar-refractivity contribution in [2.45, 2.75) is 69.8 Å². The molecule has 0 radical (unpaired) electrons. The number of nitrogens with zero attached hydrogens (tertiary/aromatic N) is 1. The van der Waals surface area contributed by atoms with E-state index in [0.717, 1.165) is 45.2 Å². The van der Waals surface area contributed by atoms with Crippen LogP contribution in [0, 0.1) is 5.92 Å². The van der Waals surface area contributed by atoms with Crippen LogP contribution in [-0.2, 0) is 10.0 Å². The topological polar surface area (TPSA) is 69.6 Å². The Balaban J connectivity index is 1.86. The summed E-state index contributed by atoms with van der Waals surface area (Å²) in [6.45, 7) is 5.87. The summed E-state index contributed by atoms with van der Waals surface area (Å²) in [6.07, 6.45) is 6.27. The van der Waals surface area contributed by atoms with Crippen molar-refractivity contribution in [3.63, 3.8) is 0 Å². The molecule has 21 heavy (non-hydrogen) atoms. The highest BCUT2D eigenvalue weighted by molar-refractivity contribution is 7.90. The zero-order valence-corrected chi connectivity index (χ0v) is 14.1. The summed E-state index contributed by atoms with van der Waals surface area (Å²) in [5, 5.41) is 9.81. The third-order valence-corrected chi connectivity index (χ3v) is 6.72. The van der Waals surface area contributed by atoms with Crippen molar-refractivity contribution in [2.24, 2.45) is 5.92 Å². The van der Waals surface area contributed by atoms with E-state index >= 15 is 0 Å². The third-order valence-electron chi connectivity index (χ3n) is 4.91. The number of nitrogens with one attached hydrogen (secondary N) is 1. The second kappa shape index (κ2) is 7.40. The van der Waals surface area contributed by atoms with Crippen molar-refractivity contribution >= 4 is 10.0 Å². The Morgan fingerprint density at radius 3 is 2.57 bits per heavy atom. The van der Waals surface area contributed by atoms with E-state index in [4.69, 9.17) is 0 Å². The molecule has 1 aliphatic heterocycles. The first kappa shape index (κ1) is 17.2. The molecule has 1 saturated heterocycles. The van der Waals surface area contributed by atoms with Gasteiger partial charge in [0.05, 0.1) is 11.4 Å². The van der Waals surface area contributed by atoms with Crippen LogP contribution in [0.1, 0.15) is 52.4 Å². The predicted octanol–water partition coefficient (Wildman–Crippen LogP) is 1.33. The number of sulfonamides is 1. The average Bonchev–Trinajstić information content (AvgIpc) is 2.46. The molecule has 0 aromatic carbocycles. The smallest absolute Gasteiger partial charge is 0.213 e. The predicted molar refractivity (Wildman–Crippen MR) is 84.6 cm³/mol. The van der Waals surface area contributed by atoms with Gasteiger partial charge in [-0.3, -0.25) is 4.90 Å². The molecule has 0 aromatic heterocycles. The van der Waals surface area contributed by atoms with Crippen molar-refractivity contribution in [1.29, 1.82) is 0 Å². The van der Waals surface area contributed by atoms with Gasteiger partial charge < -0.3 is 5.11 Å². The van der Waals surface area contributed by atoms with Crippen LogP contribution in [0.5, 0.6) is 0 Å². The van der Waals surface area contributed by atoms with Gasteiger partial charge >= 0.3 is 0 Å². The first-order valence-corrected chi connectivity index (χ1v) is 9.85. The third kappa shape index (κ3) is 4.65. The average molecular weight is 318 g/mol. The molecular formula is C15H30N2O3S. The summed E-state index contributed by atoms with van der Waals surface area (Å²) in [5.41, 5.74) is 0. The van der Waals surface area contributed by atoms with Crippen LogP contribution in [0.15, 0.2) is 0 Å². The lowest BCUT2D eigenvalue weighted by atomic mass is 9.88. The van der Waals surface area contributed by atoms with E-state index in [1.165, 1.54) is 6.42 Å². The first-order chi connectivity index (χ1) is 9.90. The van der Waals surface area contributed by atoms with E-state index in [1.54, 1.807) is 13.8 Å². The monoisotopic (exact) mass is 318 g/mol. The molecule has 0 unspecified atom stereocenters. The highest BCUT2D eigenvalue weighted by Gasteiger charge is 2.32. The van der Waals surface area contributed by atoms with Gasteiger partial charge in [-0.1, -0.05) is 12.8 Å². The Kier molecular flexibility index (Phi) is 6.05. The Bertz CT molecular complexity index is 425. The molecule has 2 fully saturated rings. The number of likely N-dealkylation sites (tertiary alicyclic amines) is 1. The molecular weight excluding hydrogens is 288 g/mol. The Morgan fingerprint density at radius 2 is 1.90 bits per heavy atom. The minimum absolute atomic E-state index is 0.204. The van der Waals surface area contributed by atoms with Crippen molar-refractivity contribution in [3.05, 3.63) is 0 Å². The molecule has 6 heteroatoms. The molecule has 0 amide bonds. The van der Waals surface area contributed by atoms with E-state index in [9.17, 15) is 13.5 Å². The minimum Gasteiger partial charge on any atom is -0.391 e. The second-order valence-corrected chi connectivity index (χ2v) is 9.19. The van der Waals surface area contributed by atoms with Crippen LogP contribution in [0.4, 0.5) is 0 Å². The van der Waals surface area contributed by atoms with Crippen molar-refractivity contribution in [2.75, 3.05) is 19.6 Å². The number of rotatable bonds is 5. The van der Waals surface area contributed by atoms with Gasteiger partial charge in [-0.05, 0) is 52.0 Å². The summed E-state index contributed by atoms with van der Waals surface area (Å²) in [4.78, 5) is 2.39. The number of hydrogen-bond acceptors (Lipinski definition) is 4. The highest BCUT2D eigenvalue weighted by atomic mass is 32.2. The number of aliphatic hydroxyl groups is 1. The van der Waals surface area contributed by atoms with E-state index in [-0.39, 0.29) is 17.4 Å². The molecule has 2 rings (SSSR count). The summed E-state index contributed by atoms with van der Waals surface area (Å²) in [7, 11) is -3.17. The zero-order valence-electron chi connectivity index (χ0n) is 13.3. The maximum Gasteiger partial charge on any atom is 0.213 e. The lowest BCUT2D eigenvalue weighted by Gasteiger charge is -2.42. The van der Waals surface area contributed by atoms with Gasteiger partial charge in [0.25, 0.3) is 0 Å². The molecule has 1 saturated carbocycles. The first-order valence-electron chi connectivity index (χ1n) is 8.30. The molecule has 1 heterocycles. The number of aliphatic hydroxyl groups excluding tert-OH is 1. The molecule has 2 N–H and O–H groups in total. The van der Waals surface area contributed by atoms with Gasteiger partial charge in [0, 0.05) is 19.1 Å². The lowest BCUT2D eigenvalue weighted by molar-refractivity contribution is 0.000809. The molecule has 3 atom stereocenters. The van der Waals surface area contributed by atoms with Gasteiger partial charge in [0.2, 0.25) is 10.0 Å². The molecule has 1 aliphatic carbocycles. The molecule has 0 spiro atoms. The quantitative estimate of drug-likeness (QED) is 0.802. The van der Waals surface area contributed by atoms with Crippen LogP contribution in [-0.4, -0.2) is 55.5 Å². The largest absolute Gasteiger partial charge is 0.391 e. The van der Waals surface area contributed by atoms with E-state index in [0.29, 0.717) is 12.5 Å². The van der Waals surface area contributed by atoms with Crippen LogP contribution in [0.25, 0.3) is 0 Å². The summed E-state index contributed by atoms with van der Waals surface area (Å²) in [6, 6.07) is 0.281. The summed E-state index contributed by atoms with van der Waals surface area (Å²) < 4.78 is 26.4. The van der Waals surface area contributed by atoms with Crippen molar-refractivity contribution in [3.8, 4) is 0 Å². The standard InChI is InChI=1S/C15H30N2O3S/c1-12(2)21(19,20)16-10-13-6-5-9-17(11-13)14-7-3-4-8-15(14)18/h12-16,18H,3-11H2,1-2H3/t13-,14-,15-/m0/s1. The zero-order chi connectivity index (χ0) is 15.5. The molecule has 0 bridgehead atoms. The van der Waals surface area contributed by atoms with Gasteiger partial charge in [0.1, 0.15) is 0 Å². The Morgan fingerprint density at radius 1 is 1.19 bits per heavy atom. The van der Waals surface area contributed by atoms with Crippen LogP contribution >= 0.6 is 0 Å². The maximum absolute atomic E-state index is 11.8. The van der Waals surface area contributed by atoms with E-state index in [1.807, 2.05) is 0 Å². The Labute approximate surface area is 129 Å². The van der Waals surface area contributed by atoms with E-state index in [2.05, 4.69) is 9.62 Å². The molecule has 2 aliphatic rings. The van der Waals surface area contributed by atoms with Gasteiger partial charge in [0.15, 0.2) is 0 Å². The van der Waals surface area contributed by atoms with Gasteiger partial charge in [-0.2, -0.15) is 0 Å². The fourth-order valence-electron chi connectivity index (χ4n) is 3.48. The lowest BCUT2D eigenvalue weighted by Crippen LogP contribution is -2.51. The van der Waals surface area contributed by atoms with Crippen molar-refractivity contribution in [1.82, 2.24) is 9.62 Å². The number of hydrogen-bond donors (Lipinski definition) is 2. The SMILES string of the molecule is CC(C)S(=O)(=O)NC[C@@H]1CCCN([C@H]2CCCC[C@@H]2O)C1. The summed E-state index contributed by atoms with van der Waals surface area (Å²) in [5.74, 6) is 0.362. The second-order valence-electron chi connectivity index (χ2n) is 6.86. The van der Waals surface area contributed by atoms with Crippen LogP contribution in [0.2, 0.25) is 0 Å². The minimum atomic E-state index is -3.17. The van der Waals surface area contributed by atoms with Crippen LogP contribution < -0.4 is 4.72 Å². The molecule has 5 nitrogen and oxygen atoms in total. The normalized spacial score (nSPS) is 32.5. The molecule has 0 aromatic rings. The highest BCUT2D eigenvalue weighted by Crippen LogP contribution is 2.27. The fourth-order valence-corrected chi connectivity index (χ4v) is 4.28. The maximum atomic E-state index is 11.8.